The predicted octanol–water partition coefficient (Wildman–Crippen LogP) is 0.825. The third-order valence-corrected chi connectivity index (χ3v) is 4.66. The summed E-state index contributed by atoms with van der Waals surface area (Å²) in [6, 6.07) is 5.79. The van der Waals surface area contributed by atoms with E-state index in [0.29, 0.717) is 13.2 Å². The van der Waals surface area contributed by atoms with Crippen molar-refractivity contribution in [2.24, 2.45) is 0 Å². The molecule has 22 heavy (non-hydrogen) atoms. The molecule has 122 valence electrons. The van der Waals surface area contributed by atoms with Crippen LogP contribution in [0.3, 0.4) is 0 Å². The van der Waals surface area contributed by atoms with Crippen LogP contribution >= 0.6 is 0 Å². The van der Waals surface area contributed by atoms with Gasteiger partial charge in [0.25, 0.3) is 5.91 Å². The monoisotopic (exact) mass is 328 g/mol. The van der Waals surface area contributed by atoms with Crippen LogP contribution in [0.2, 0.25) is 0 Å². The smallest absolute Gasteiger partial charge is 0.274 e. The molecular weight excluding hydrogens is 308 g/mol. The first kappa shape index (κ1) is 16.9. The molecule has 7 nitrogen and oxygen atoms in total. The summed E-state index contributed by atoms with van der Waals surface area (Å²) in [7, 11) is -3.68. The average Bonchev–Trinajstić information content (AvgIpc) is 3.04. The average molecular weight is 328 g/mol. The summed E-state index contributed by atoms with van der Waals surface area (Å²) >= 11 is 0. The van der Waals surface area contributed by atoms with Crippen LogP contribution < -0.4 is 10.2 Å². The van der Waals surface area contributed by atoms with E-state index in [1.165, 1.54) is 24.3 Å². The van der Waals surface area contributed by atoms with E-state index in [1.54, 1.807) is 6.92 Å². The zero-order chi connectivity index (χ0) is 16.0. The number of sulfonamides is 1. The first-order valence-corrected chi connectivity index (χ1v) is 8.64. The molecule has 1 aliphatic heterocycles. The molecular formula is C14H20N2O5S. The van der Waals surface area contributed by atoms with Crippen LogP contribution in [-0.4, -0.2) is 40.2 Å². The molecule has 0 spiro atoms. The van der Waals surface area contributed by atoms with Gasteiger partial charge in [-0.3, -0.25) is 9.63 Å². The second kappa shape index (κ2) is 7.68. The number of hydrogen-bond acceptors (Lipinski definition) is 5. The molecule has 1 unspecified atom stereocenters. The van der Waals surface area contributed by atoms with Crippen molar-refractivity contribution in [3.63, 3.8) is 0 Å². The lowest BCUT2D eigenvalue weighted by Crippen LogP contribution is -2.32. The molecule has 0 bridgehead atoms. The molecule has 0 radical (unpaired) electrons. The van der Waals surface area contributed by atoms with E-state index in [0.717, 1.165) is 12.8 Å². The number of rotatable bonds is 7. The molecule has 0 aromatic heterocycles. The lowest BCUT2D eigenvalue weighted by atomic mass is 10.2. The molecule has 8 heteroatoms. The minimum absolute atomic E-state index is 0.0367. The summed E-state index contributed by atoms with van der Waals surface area (Å²) < 4.78 is 32.4. The van der Waals surface area contributed by atoms with Crippen LogP contribution in [-0.2, 0) is 19.6 Å². The van der Waals surface area contributed by atoms with Crippen molar-refractivity contribution >= 4 is 15.9 Å². The summed E-state index contributed by atoms with van der Waals surface area (Å²) in [5.41, 5.74) is 2.45. The van der Waals surface area contributed by atoms with Gasteiger partial charge in [-0.15, -0.1) is 0 Å². The van der Waals surface area contributed by atoms with E-state index in [-0.39, 0.29) is 23.1 Å². The van der Waals surface area contributed by atoms with Crippen molar-refractivity contribution in [1.82, 2.24) is 10.2 Å². The third-order valence-electron chi connectivity index (χ3n) is 3.24. The molecule has 1 aromatic rings. The Morgan fingerprint density at radius 3 is 2.95 bits per heavy atom. The highest BCUT2D eigenvalue weighted by Gasteiger charge is 2.21. The number of carbonyl (C=O) groups is 1. The van der Waals surface area contributed by atoms with Gasteiger partial charge in [-0.2, -0.15) is 0 Å². The molecule has 0 saturated carbocycles. The quantitative estimate of drug-likeness (QED) is 0.723. The fourth-order valence-corrected chi connectivity index (χ4v) is 3.20. The molecule has 1 amide bonds. The van der Waals surface area contributed by atoms with Gasteiger partial charge in [-0.25, -0.2) is 18.6 Å². The predicted molar refractivity (Wildman–Crippen MR) is 79.7 cm³/mol. The zero-order valence-electron chi connectivity index (χ0n) is 12.4. The van der Waals surface area contributed by atoms with E-state index >= 15 is 0 Å². The Hall–Kier alpha value is -1.48. The SMILES string of the molecule is CCONC(=O)c1cccc(S(=O)(=O)NCC2CCCO2)c1. The topological polar surface area (TPSA) is 93.7 Å². The molecule has 1 atom stereocenters. The normalized spacial score (nSPS) is 18.3. The minimum atomic E-state index is -3.68. The van der Waals surface area contributed by atoms with E-state index in [2.05, 4.69) is 10.2 Å². The molecule has 1 aliphatic rings. The van der Waals surface area contributed by atoms with Gasteiger partial charge in [0.1, 0.15) is 0 Å². The molecule has 2 N–H and O–H groups in total. The molecule has 0 aliphatic carbocycles. The first-order chi connectivity index (χ1) is 10.5. The highest BCUT2D eigenvalue weighted by Crippen LogP contribution is 2.14. The highest BCUT2D eigenvalue weighted by atomic mass is 32.2. The number of ether oxygens (including phenoxy) is 1. The van der Waals surface area contributed by atoms with Crippen LogP contribution in [0.15, 0.2) is 29.2 Å². The fraction of sp³-hybridized carbons (Fsp3) is 0.500. The Balaban J connectivity index is 2.04. The van der Waals surface area contributed by atoms with Gasteiger partial charge in [0.05, 0.1) is 17.6 Å². The third kappa shape index (κ3) is 4.51. The van der Waals surface area contributed by atoms with Crippen LogP contribution in [0.1, 0.15) is 30.1 Å². The number of hydrogen-bond donors (Lipinski definition) is 2. The maximum Gasteiger partial charge on any atom is 0.274 e. The molecule has 1 fully saturated rings. The Kier molecular flexibility index (Phi) is 5.90. The number of nitrogens with one attached hydrogen (secondary N) is 2. The maximum absolute atomic E-state index is 12.2. The van der Waals surface area contributed by atoms with Gasteiger partial charge in [-0.1, -0.05) is 6.07 Å². The second-order valence-electron chi connectivity index (χ2n) is 4.88. The van der Waals surface area contributed by atoms with Crippen LogP contribution in [0.25, 0.3) is 0 Å². The van der Waals surface area contributed by atoms with E-state index in [4.69, 9.17) is 9.57 Å². The van der Waals surface area contributed by atoms with Gasteiger partial charge >= 0.3 is 0 Å². The van der Waals surface area contributed by atoms with Crippen LogP contribution in [0.5, 0.6) is 0 Å². The number of amides is 1. The van der Waals surface area contributed by atoms with Crippen molar-refractivity contribution in [3.05, 3.63) is 29.8 Å². The van der Waals surface area contributed by atoms with Gasteiger partial charge in [0.15, 0.2) is 0 Å². The molecule has 2 rings (SSSR count). The van der Waals surface area contributed by atoms with Gasteiger partial charge in [-0.05, 0) is 38.0 Å². The molecule has 1 aromatic carbocycles. The Bertz CT molecular complexity index is 611. The van der Waals surface area contributed by atoms with Crippen LogP contribution in [0, 0.1) is 0 Å². The van der Waals surface area contributed by atoms with Crippen LogP contribution in [0.4, 0.5) is 0 Å². The maximum atomic E-state index is 12.2. The summed E-state index contributed by atoms with van der Waals surface area (Å²) in [4.78, 5) is 16.6. The summed E-state index contributed by atoms with van der Waals surface area (Å²) in [5.74, 6) is -0.488. The lowest BCUT2D eigenvalue weighted by Gasteiger charge is -2.12. The summed E-state index contributed by atoms with van der Waals surface area (Å²) in [5, 5.41) is 0. The Morgan fingerprint density at radius 2 is 2.27 bits per heavy atom. The number of hydroxylamine groups is 1. The number of benzene rings is 1. The highest BCUT2D eigenvalue weighted by molar-refractivity contribution is 7.89. The van der Waals surface area contributed by atoms with Crippen molar-refractivity contribution in [3.8, 4) is 0 Å². The van der Waals surface area contributed by atoms with Gasteiger partial charge in [0, 0.05) is 18.7 Å². The lowest BCUT2D eigenvalue weighted by molar-refractivity contribution is 0.0364. The van der Waals surface area contributed by atoms with E-state index < -0.39 is 15.9 Å². The van der Waals surface area contributed by atoms with Gasteiger partial charge < -0.3 is 4.74 Å². The first-order valence-electron chi connectivity index (χ1n) is 7.16. The van der Waals surface area contributed by atoms with E-state index in [1.807, 2.05) is 0 Å². The molecule has 1 heterocycles. The van der Waals surface area contributed by atoms with Crippen molar-refractivity contribution < 1.29 is 22.8 Å². The van der Waals surface area contributed by atoms with Crippen molar-refractivity contribution in [2.45, 2.75) is 30.8 Å². The van der Waals surface area contributed by atoms with Gasteiger partial charge in [0.2, 0.25) is 10.0 Å². The zero-order valence-corrected chi connectivity index (χ0v) is 13.2. The van der Waals surface area contributed by atoms with E-state index in [9.17, 15) is 13.2 Å². The van der Waals surface area contributed by atoms with Crippen molar-refractivity contribution in [1.29, 1.82) is 0 Å². The number of carbonyl (C=O) groups excluding carboxylic acids is 1. The Morgan fingerprint density at radius 1 is 1.45 bits per heavy atom. The standard InChI is InChI=1S/C14H20N2O5S/c1-2-21-16-14(17)11-5-3-7-13(9-11)22(18,19)15-10-12-6-4-8-20-12/h3,5,7,9,12,15H,2,4,6,8,10H2,1H3,(H,16,17). The Labute approximate surface area is 130 Å². The fourth-order valence-electron chi connectivity index (χ4n) is 2.09. The summed E-state index contributed by atoms with van der Waals surface area (Å²) in [6.07, 6.45) is 1.71. The summed E-state index contributed by atoms with van der Waals surface area (Å²) in [6.45, 7) is 2.96. The molecule has 1 saturated heterocycles. The minimum Gasteiger partial charge on any atom is -0.377 e. The van der Waals surface area contributed by atoms with Crippen molar-refractivity contribution in [2.75, 3.05) is 19.8 Å². The second-order valence-corrected chi connectivity index (χ2v) is 6.65. The largest absolute Gasteiger partial charge is 0.377 e.